The molecule has 29 heavy (non-hydrogen) atoms. The zero-order chi connectivity index (χ0) is 20.1. The van der Waals surface area contributed by atoms with Crippen LogP contribution in [0.15, 0.2) is 83.9 Å². The average Bonchev–Trinajstić information content (AvgIpc) is 3.34. The number of halogens is 2. The van der Waals surface area contributed by atoms with Crippen LogP contribution < -0.4 is 0 Å². The minimum atomic E-state index is -0.227. The lowest BCUT2D eigenvalue weighted by Crippen LogP contribution is -1.91. The van der Waals surface area contributed by atoms with Crippen LogP contribution in [-0.2, 0) is 4.74 Å². The van der Waals surface area contributed by atoms with Crippen molar-refractivity contribution < 1.29 is 9.13 Å². The Hall–Kier alpha value is -2.80. The predicted octanol–water partition coefficient (Wildman–Crippen LogP) is 6.36. The summed E-state index contributed by atoms with van der Waals surface area (Å²) in [4.78, 5) is 8.57. The maximum absolute atomic E-state index is 13.3. The zero-order valence-electron chi connectivity index (χ0n) is 15.6. The van der Waals surface area contributed by atoms with E-state index in [0.29, 0.717) is 0 Å². The molecular weight excluding hydrogens is 478 g/mol. The third-order valence-electron chi connectivity index (χ3n) is 4.51. The molecule has 0 amide bonds. The molecule has 1 aromatic heterocycles. The van der Waals surface area contributed by atoms with E-state index >= 15 is 0 Å². The number of nitrogens with zero attached hydrogens (tertiary/aromatic N) is 2. The average molecular weight is 496 g/mol. The quantitative estimate of drug-likeness (QED) is 0.303. The highest BCUT2D eigenvalue weighted by Crippen LogP contribution is 2.33. The molecule has 1 aliphatic rings. The lowest BCUT2D eigenvalue weighted by molar-refractivity contribution is 0.361. The lowest BCUT2D eigenvalue weighted by atomic mass is 9.98. The Kier molecular flexibility index (Phi) is 6.14. The van der Waals surface area contributed by atoms with E-state index < -0.39 is 0 Å². The van der Waals surface area contributed by atoms with Crippen molar-refractivity contribution in [2.75, 3.05) is 13.2 Å². The molecule has 0 saturated carbocycles. The molecule has 0 radical (unpaired) electrons. The van der Waals surface area contributed by atoms with Gasteiger partial charge in [-0.3, -0.25) is 4.99 Å². The smallest absolute Gasteiger partial charge is 0.169 e. The zero-order valence-corrected chi connectivity index (χ0v) is 17.7. The molecule has 0 aliphatic carbocycles. The number of aliphatic imine (C=N–C) groups is 1. The standard InChI is InChI=1S/C21H13FIN.C3H5NO/c22-15-11-9-14(10-12-15)18-13-21(17-6-1-3-7-19(17)23)24-20-8-4-2-5-16(18)20;1-2-5-3-4-1/h1-13H;3H,1-2H2. The van der Waals surface area contributed by atoms with E-state index in [-0.39, 0.29) is 5.82 Å². The minimum absolute atomic E-state index is 0.227. The Morgan fingerprint density at radius 1 is 0.862 bits per heavy atom. The van der Waals surface area contributed by atoms with E-state index in [2.05, 4.69) is 56.6 Å². The first kappa shape index (κ1) is 19.5. The van der Waals surface area contributed by atoms with Gasteiger partial charge in [-0.15, -0.1) is 0 Å². The summed E-state index contributed by atoms with van der Waals surface area (Å²) < 4.78 is 19.1. The van der Waals surface area contributed by atoms with Gasteiger partial charge in [0.1, 0.15) is 12.4 Å². The summed E-state index contributed by atoms with van der Waals surface area (Å²) in [6.07, 6.45) is 1.49. The van der Waals surface area contributed by atoms with Crippen LogP contribution >= 0.6 is 22.6 Å². The first-order valence-corrected chi connectivity index (χ1v) is 10.3. The van der Waals surface area contributed by atoms with Crippen LogP contribution in [0.3, 0.4) is 0 Å². The van der Waals surface area contributed by atoms with E-state index in [0.717, 1.165) is 50.0 Å². The first-order valence-electron chi connectivity index (χ1n) is 9.23. The highest BCUT2D eigenvalue weighted by atomic mass is 127. The topological polar surface area (TPSA) is 34.5 Å². The van der Waals surface area contributed by atoms with Crippen molar-refractivity contribution in [1.82, 2.24) is 4.98 Å². The summed E-state index contributed by atoms with van der Waals surface area (Å²) in [5, 5.41) is 1.07. The Morgan fingerprint density at radius 3 is 2.31 bits per heavy atom. The van der Waals surface area contributed by atoms with E-state index in [4.69, 9.17) is 4.98 Å². The highest BCUT2D eigenvalue weighted by molar-refractivity contribution is 14.1. The highest BCUT2D eigenvalue weighted by Gasteiger charge is 2.11. The summed E-state index contributed by atoms with van der Waals surface area (Å²) in [5.74, 6) is -0.227. The summed E-state index contributed by atoms with van der Waals surface area (Å²) in [6.45, 7) is 1.62. The molecule has 4 aromatic rings. The number of ether oxygens (including phenoxy) is 1. The molecule has 0 unspecified atom stereocenters. The fourth-order valence-corrected chi connectivity index (χ4v) is 3.78. The van der Waals surface area contributed by atoms with Gasteiger partial charge in [0.25, 0.3) is 0 Å². The number of aromatic nitrogens is 1. The molecule has 3 aromatic carbocycles. The second-order valence-corrected chi connectivity index (χ2v) is 7.60. The van der Waals surface area contributed by atoms with Gasteiger partial charge in [-0.1, -0.05) is 48.5 Å². The fraction of sp³-hybridized carbons (Fsp3) is 0.0833. The Bertz CT molecular complexity index is 1150. The maximum atomic E-state index is 13.3. The molecule has 5 rings (SSSR count). The third kappa shape index (κ3) is 4.62. The molecule has 2 heterocycles. The number of para-hydroxylation sites is 1. The summed E-state index contributed by atoms with van der Waals surface area (Å²) >= 11 is 2.33. The van der Waals surface area contributed by atoms with Crippen LogP contribution in [0.2, 0.25) is 0 Å². The number of fused-ring (bicyclic) bond motifs is 1. The second-order valence-electron chi connectivity index (χ2n) is 6.44. The number of rotatable bonds is 2. The minimum Gasteiger partial charge on any atom is -0.482 e. The molecule has 3 nitrogen and oxygen atoms in total. The Labute approximate surface area is 182 Å². The molecular formula is C24H18FIN2O. The molecule has 0 atom stereocenters. The van der Waals surface area contributed by atoms with Gasteiger partial charge >= 0.3 is 0 Å². The van der Waals surface area contributed by atoms with E-state index in [1.807, 2.05) is 42.5 Å². The summed E-state index contributed by atoms with van der Waals surface area (Å²) in [7, 11) is 0. The van der Waals surface area contributed by atoms with Gasteiger partial charge in [0.05, 0.1) is 17.8 Å². The van der Waals surface area contributed by atoms with Gasteiger partial charge in [-0.05, 0) is 64.0 Å². The van der Waals surface area contributed by atoms with Crippen molar-refractivity contribution in [3.63, 3.8) is 0 Å². The van der Waals surface area contributed by atoms with E-state index in [1.54, 1.807) is 0 Å². The van der Waals surface area contributed by atoms with Gasteiger partial charge in [0.15, 0.2) is 6.40 Å². The fourth-order valence-electron chi connectivity index (χ4n) is 3.11. The van der Waals surface area contributed by atoms with Crippen LogP contribution in [0.25, 0.3) is 33.3 Å². The van der Waals surface area contributed by atoms with Crippen molar-refractivity contribution in [2.45, 2.75) is 0 Å². The molecule has 0 spiro atoms. The van der Waals surface area contributed by atoms with Crippen LogP contribution in [-0.4, -0.2) is 24.5 Å². The number of hydrogen-bond donors (Lipinski definition) is 0. The van der Waals surface area contributed by atoms with Gasteiger partial charge in [0.2, 0.25) is 0 Å². The SMILES string of the molecule is C1=NCCO1.Fc1ccc(-c2cc(-c3ccccc3I)nc3ccccc23)cc1. The summed E-state index contributed by atoms with van der Waals surface area (Å²) in [6, 6.07) is 25.0. The molecule has 144 valence electrons. The molecule has 0 N–H and O–H groups in total. The van der Waals surface area contributed by atoms with Crippen molar-refractivity contribution in [2.24, 2.45) is 4.99 Å². The van der Waals surface area contributed by atoms with Crippen LogP contribution in [0.1, 0.15) is 0 Å². The second kappa shape index (κ2) is 9.13. The number of pyridine rings is 1. The normalized spacial score (nSPS) is 12.3. The van der Waals surface area contributed by atoms with Gasteiger partial charge < -0.3 is 4.74 Å². The number of benzene rings is 3. The van der Waals surface area contributed by atoms with Crippen molar-refractivity contribution in [3.8, 4) is 22.4 Å². The summed E-state index contributed by atoms with van der Waals surface area (Å²) in [5.41, 5.74) is 5.02. The Balaban J connectivity index is 0.000000359. The largest absolute Gasteiger partial charge is 0.482 e. The monoisotopic (exact) mass is 496 g/mol. The van der Waals surface area contributed by atoms with E-state index in [1.165, 1.54) is 18.5 Å². The molecule has 1 aliphatic heterocycles. The number of hydrogen-bond acceptors (Lipinski definition) is 3. The third-order valence-corrected chi connectivity index (χ3v) is 5.45. The molecule has 0 saturated heterocycles. The maximum Gasteiger partial charge on any atom is 0.169 e. The molecule has 0 bridgehead atoms. The first-order chi connectivity index (χ1) is 14.2. The molecule has 0 fully saturated rings. The Morgan fingerprint density at radius 2 is 1.62 bits per heavy atom. The van der Waals surface area contributed by atoms with Gasteiger partial charge in [0, 0.05) is 14.5 Å². The van der Waals surface area contributed by atoms with Crippen molar-refractivity contribution >= 4 is 39.9 Å². The van der Waals surface area contributed by atoms with Crippen molar-refractivity contribution in [1.29, 1.82) is 0 Å². The van der Waals surface area contributed by atoms with Crippen LogP contribution in [0, 0.1) is 9.39 Å². The van der Waals surface area contributed by atoms with Crippen molar-refractivity contribution in [3.05, 3.63) is 88.3 Å². The van der Waals surface area contributed by atoms with Crippen LogP contribution in [0.4, 0.5) is 4.39 Å². The van der Waals surface area contributed by atoms with Crippen LogP contribution in [0.5, 0.6) is 0 Å². The van der Waals surface area contributed by atoms with Gasteiger partial charge in [-0.2, -0.15) is 0 Å². The van der Waals surface area contributed by atoms with E-state index in [9.17, 15) is 4.39 Å². The molecule has 5 heteroatoms. The lowest BCUT2D eigenvalue weighted by Gasteiger charge is -2.11. The van der Waals surface area contributed by atoms with Gasteiger partial charge in [-0.25, -0.2) is 9.37 Å². The predicted molar refractivity (Wildman–Crippen MR) is 125 cm³/mol.